The monoisotopic (exact) mass is 666 g/mol. The molecule has 0 spiro atoms. The van der Waals surface area contributed by atoms with Crippen LogP contribution in [0, 0.1) is 0 Å². The maximum atomic E-state index is 13.3. The van der Waals surface area contributed by atoms with E-state index in [4.69, 9.17) is 0 Å². The van der Waals surface area contributed by atoms with Crippen LogP contribution in [-0.4, -0.2) is 72.8 Å². The number of rotatable bonds is 15. The molecule has 0 bridgehead atoms. The number of ether oxygens (including phenoxy) is 3. The van der Waals surface area contributed by atoms with Gasteiger partial charge < -0.3 is 4.74 Å². The summed E-state index contributed by atoms with van der Waals surface area (Å²) in [6.45, 7) is -3.00. The number of hydrogen-bond acceptors (Lipinski definition) is 3. The summed E-state index contributed by atoms with van der Waals surface area (Å²) in [7, 11) is 0. The van der Waals surface area contributed by atoms with Crippen molar-refractivity contribution in [1.29, 1.82) is 0 Å². The standard InChI is InChI=1S/C14H10BrF19O3/c15-3-1-2-4-35-5-6(16,17)36-13(31,32)14(33,34)37-12(29,30)10(24,25)8(20,21)7(18,19)9(22,23)11(26,27)28/h1-5H2. The SMILES string of the molecule is FC(F)(COCCCCBr)OC(F)(F)C(F)(F)OC(F)(F)C(F)(F)C(F)(F)C(F)(F)C(F)(F)C(F)(F)F. The summed E-state index contributed by atoms with van der Waals surface area (Å²) in [6.07, 6.45) is -36.2. The summed E-state index contributed by atoms with van der Waals surface area (Å²) in [6, 6.07) is 0. The third-order valence-electron chi connectivity index (χ3n) is 3.72. The van der Waals surface area contributed by atoms with Crippen molar-refractivity contribution in [3.8, 4) is 0 Å². The highest BCUT2D eigenvalue weighted by Gasteiger charge is 2.92. The van der Waals surface area contributed by atoms with E-state index in [0.717, 1.165) is 0 Å². The first kappa shape index (κ1) is 36.0. The van der Waals surface area contributed by atoms with Gasteiger partial charge in [0.25, 0.3) is 0 Å². The van der Waals surface area contributed by atoms with Crippen molar-refractivity contribution in [2.45, 2.75) is 67.1 Å². The lowest BCUT2D eigenvalue weighted by atomic mass is 9.97. The molecule has 0 radical (unpaired) electrons. The van der Waals surface area contributed by atoms with Gasteiger partial charge in [0.05, 0.1) is 0 Å². The van der Waals surface area contributed by atoms with Crippen LogP contribution in [0.1, 0.15) is 12.8 Å². The van der Waals surface area contributed by atoms with Gasteiger partial charge in [-0.15, -0.1) is 0 Å². The van der Waals surface area contributed by atoms with Gasteiger partial charge in [0.1, 0.15) is 6.61 Å². The summed E-state index contributed by atoms with van der Waals surface area (Å²) in [5.41, 5.74) is 0. The summed E-state index contributed by atoms with van der Waals surface area (Å²) in [5.74, 6) is -34.0. The smallest absolute Gasteiger partial charge is 0.372 e. The minimum atomic E-state index is -8.67. The molecule has 0 fully saturated rings. The van der Waals surface area contributed by atoms with Gasteiger partial charge in [-0.2, -0.15) is 83.4 Å². The van der Waals surface area contributed by atoms with Gasteiger partial charge in [0.15, 0.2) is 0 Å². The minimum absolute atomic E-state index is 0.0511. The van der Waals surface area contributed by atoms with Gasteiger partial charge >= 0.3 is 54.3 Å². The molecule has 0 N–H and O–H groups in total. The Morgan fingerprint density at radius 2 is 0.865 bits per heavy atom. The van der Waals surface area contributed by atoms with Gasteiger partial charge in [-0.1, -0.05) is 15.9 Å². The largest absolute Gasteiger partial charge is 0.460 e. The molecule has 0 aliphatic carbocycles. The third kappa shape index (κ3) is 7.17. The molecule has 0 aromatic carbocycles. The van der Waals surface area contributed by atoms with E-state index in [9.17, 15) is 83.4 Å². The highest BCUT2D eigenvalue weighted by Crippen LogP contribution is 2.61. The second-order valence-electron chi connectivity index (χ2n) is 6.64. The molecule has 37 heavy (non-hydrogen) atoms. The molecular weight excluding hydrogens is 657 g/mol. The Labute approximate surface area is 200 Å². The molecule has 3 nitrogen and oxygen atoms in total. The number of hydrogen-bond donors (Lipinski definition) is 0. The fraction of sp³-hybridized carbons (Fsp3) is 1.00. The number of unbranched alkanes of at least 4 members (excludes halogenated alkanes) is 1. The van der Waals surface area contributed by atoms with Crippen molar-refractivity contribution in [3.05, 3.63) is 0 Å². The van der Waals surface area contributed by atoms with Crippen molar-refractivity contribution < 1.29 is 97.6 Å². The predicted octanol–water partition coefficient (Wildman–Crippen LogP) is 7.69. The molecule has 0 aromatic heterocycles. The molecule has 0 rings (SSSR count). The number of halogens is 20. The summed E-state index contributed by atoms with van der Waals surface area (Å²) in [4.78, 5) is 0. The van der Waals surface area contributed by atoms with Crippen LogP contribution in [0.2, 0.25) is 0 Å². The lowest BCUT2D eigenvalue weighted by molar-refractivity contribution is -0.544. The number of alkyl halides is 20. The van der Waals surface area contributed by atoms with Gasteiger partial charge in [0.2, 0.25) is 0 Å². The van der Waals surface area contributed by atoms with Crippen LogP contribution in [0.4, 0.5) is 83.4 Å². The quantitative estimate of drug-likeness (QED) is 0.102. The normalized spacial score (nSPS) is 15.9. The molecule has 0 amide bonds. The first-order valence-electron chi connectivity index (χ1n) is 8.61. The molecule has 0 unspecified atom stereocenters. The van der Waals surface area contributed by atoms with Crippen LogP contribution < -0.4 is 0 Å². The highest BCUT2D eigenvalue weighted by molar-refractivity contribution is 9.09. The van der Waals surface area contributed by atoms with E-state index >= 15 is 0 Å². The third-order valence-corrected chi connectivity index (χ3v) is 4.28. The summed E-state index contributed by atoms with van der Waals surface area (Å²) >= 11 is 2.87. The van der Waals surface area contributed by atoms with E-state index in [1.165, 1.54) is 4.74 Å². The zero-order valence-electron chi connectivity index (χ0n) is 16.8. The van der Waals surface area contributed by atoms with Gasteiger partial charge in [-0.05, 0) is 12.8 Å². The van der Waals surface area contributed by atoms with Gasteiger partial charge in [-0.25, -0.2) is 9.47 Å². The van der Waals surface area contributed by atoms with Crippen molar-refractivity contribution in [2.75, 3.05) is 18.5 Å². The summed E-state index contributed by atoms with van der Waals surface area (Å²) < 4.78 is 254. The predicted molar refractivity (Wildman–Crippen MR) is 81.6 cm³/mol. The average Bonchev–Trinajstić information content (AvgIpc) is 2.64. The van der Waals surface area contributed by atoms with Crippen molar-refractivity contribution in [2.24, 2.45) is 0 Å². The lowest BCUT2D eigenvalue weighted by Gasteiger charge is -2.40. The Kier molecular flexibility index (Phi) is 10.6. The Morgan fingerprint density at radius 3 is 1.27 bits per heavy atom. The molecule has 0 atom stereocenters. The Bertz CT molecular complexity index is 751. The molecule has 0 aliphatic rings. The Balaban J connectivity index is 6.02. The Hall–Kier alpha value is -0.970. The fourth-order valence-electron chi connectivity index (χ4n) is 1.81. The minimum Gasteiger partial charge on any atom is -0.372 e. The topological polar surface area (TPSA) is 27.7 Å². The van der Waals surface area contributed by atoms with E-state index in [0.29, 0.717) is 0 Å². The van der Waals surface area contributed by atoms with Crippen LogP contribution in [0.15, 0.2) is 0 Å². The first-order chi connectivity index (χ1) is 16.0. The maximum Gasteiger partial charge on any atom is 0.460 e. The van der Waals surface area contributed by atoms with Crippen molar-refractivity contribution >= 4 is 15.9 Å². The van der Waals surface area contributed by atoms with E-state index < -0.39 is 67.5 Å². The van der Waals surface area contributed by atoms with Crippen molar-refractivity contribution in [1.82, 2.24) is 0 Å². The summed E-state index contributed by atoms with van der Waals surface area (Å²) in [5, 5.41) is 0.280. The molecule has 0 saturated carbocycles. The fourth-order valence-corrected chi connectivity index (χ4v) is 2.20. The van der Waals surface area contributed by atoms with Crippen LogP contribution >= 0.6 is 15.9 Å². The van der Waals surface area contributed by atoms with Crippen LogP contribution in [0.25, 0.3) is 0 Å². The first-order valence-corrected chi connectivity index (χ1v) is 9.73. The van der Waals surface area contributed by atoms with E-state index in [1.54, 1.807) is 0 Å². The highest BCUT2D eigenvalue weighted by atomic mass is 79.9. The zero-order chi connectivity index (χ0) is 30.2. The van der Waals surface area contributed by atoms with Crippen molar-refractivity contribution in [3.63, 3.8) is 0 Å². The molecule has 224 valence electrons. The molecule has 0 aromatic rings. The van der Waals surface area contributed by atoms with E-state index in [1.807, 2.05) is 0 Å². The molecule has 0 heterocycles. The molecule has 23 heteroatoms. The van der Waals surface area contributed by atoms with Crippen LogP contribution in [0.5, 0.6) is 0 Å². The lowest BCUT2D eigenvalue weighted by Crippen LogP contribution is -2.71. The zero-order valence-corrected chi connectivity index (χ0v) is 18.4. The van der Waals surface area contributed by atoms with Gasteiger partial charge in [0, 0.05) is 11.9 Å². The molecule has 0 aliphatic heterocycles. The second kappa shape index (κ2) is 10.9. The van der Waals surface area contributed by atoms with E-state index in [2.05, 4.69) is 25.4 Å². The van der Waals surface area contributed by atoms with Crippen LogP contribution in [-0.2, 0) is 14.2 Å². The van der Waals surface area contributed by atoms with E-state index in [-0.39, 0.29) is 18.2 Å². The van der Waals surface area contributed by atoms with Crippen LogP contribution in [0.3, 0.4) is 0 Å². The average molecular weight is 667 g/mol. The maximum absolute atomic E-state index is 13.3. The molecular formula is C14H10BrF19O3. The van der Waals surface area contributed by atoms with Gasteiger partial charge in [-0.3, -0.25) is 0 Å². The Morgan fingerprint density at radius 1 is 0.459 bits per heavy atom. The molecule has 0 saturated heterocycles. The second-order valence-corrected chi connectivity index (χ2v) is 7.43.